The predicted octanol–water partition coefficient (Wildman–Crippen LogP) is 3.78. The van der Waals surface area contributed by atoms with Gasteiger partial charge in [-0.15, -0.1) is 24.0 Å². The summed E-state index contributed by atoms with van der Waals surface area (Å²) in [6, 6.07) is 0.565. The number of nitrogens with one attached hydrogen (secondary N) is 2. The van der Waals surface area contributed by atoms with Crippen LogP contribution in [0, 0.1) is 17.8 Å². The summed E-state index contributed by atoms with van der Waals surface area (Å²) >= 11 is 0. The Labute approximate surface area is 160 Å². The minimum Gasteiger partial charge on any atom is -0.396 e. The zero-order valence-corrected chi connectivity index (χ0v) is 17.8. The van der Waals surface area contributed by atoms with Gasteiger partial charge in [0.1, 0.15) is 0 Å². The third-order valence-electron chi connectivity index (χ3n) is 4.55. The second-order valence-electron chi connectivity index (χ2n) is 7.33. The molecule has 1 aliphatic rings. The molecule has 5 heteroatoms. The zero-order chi connectivity index (χ0) is 16.4. The molecule has 1 rings (SSSR count). The van der Waals surface area contributed by atoms with Crippen LogP contribution in [0.2, 0.25) is 0 Å². The van der Waals surface area contributed by atoms with Gasteiger partial charge in [-0.05, 0) is 63.2 Å². The van der Waals surface area contributed by atoms with Gasteiger partial charge in [-0.3, -0.25) is 4.99 Å². The monoisotopic (exact) mass is 439 g/mol. The molecule has 3 N–H and O–H groups in total. The topological polar surface area (TPSA) is 56.7 Å². The highest BCUT2D eigenvalue weighted by Crippen LogP contribution is 2.23. The molecule has 0 aliphatic heterocycles. The van der Waals surface area contributed by atoms with Crippen LogP contribution in [0.25, 0.3) is 0 Å². The van der Waals surface area contributed by atoms with Crippen LogP contribution >= 0.6 is 24.0 Å². The lowest BCUT2D eigenvalue weighted by Gasteiger charge is -2.28. The Morgan fingerprint density at radius 3 is 2.39 bits per heavy atom. The number of aliphatic hydroxyl groups is 1. The van der Waals surface area contributed by atoms with Crippen LogP contribution in [0.3, 0.4) is 0 Å². The molecule has 0 heterocycles. The van der Waals surface area contributed by atoms with Crippen molar-refractivity contribution < 1.29 is 5.11 Å². The lowest BCUT2D eigenvalue weighted by atomic mass is 9.87. The summed E-state index contributed by atoms with van der Waals surface area (Å²) < 4.78 is 0. The Balaban J connectivity index is 0.00000484. The maximum absolute atomic E-state index is 9.22. The van der Waals surface area contributed by atoms with Crippen LogP contribution in [-0.2, 0) is 0 Å². The molecule has 1 aliphatic carbocycles. The minimum atomic E-state index is 0. The van der Waals surface area contributed by atoms with E-state index in [0.29, 0.717) is 17.9 Å². The van der Waals surface area contributed by atoms with Gasteiger partial charge < -0.3 is 15.7 Å². The number of aliphatic hydroxyl groups excluding tert-OH is 1. The van der Waals surface area contributed by atoms with Gasteiger partial charge in [0.25, 0.3) is 0 Å². The van der Waals surface area contributed by atoms with Gasteiger partial charge in [-0.1, -0.05) is 20.8 Å². The fourth-order valence-electron chi connectivity index (χ4n) is 3.27. The van der Waals surface area contributed by atoms with Crippen molar-refractivity contribution in [2.75, 3.05) is 19.7 Å². The van der Waals surface area contributed by atoms with E-state index in [-0.39, 0.29) is 30.6 Å². The summed E-state index contributed by atoms with van der Waals surface area (Å²) in [5, 5.41) is 16.2. The van der Waals surface area contributed by atoms with E-state index < -0.39 is 0 Å². The highest BCUT2D eigenvalue weighted by atomic mass is 127. The molecule has 1 unspecified atom stereocenters. The summed E-state index contributed by atoms with van der Waals surface area (Å²) in [4.78, 5) is 4.78. The van der Waals surface area contributed by atoms with Crippen molar-refractivity contribution in [2.45, 2.75) is 72.3 Å². The van der Waals surface area contributed by atoms with Gasteiger partial charge in [0.05, 0.1) is 0 Å². The van der Waals surface area contributed by atoms with E-state index in [2.05, 4.69) is 38.3 Å². The molecule has 1 fully saturated rings. The summed E-state index contributed by atoms with van der Waals surface area (Å²) in [5.41, 5.74) is 0. The van der Waals surface area contributed by atoms with Crippen LogP contribution in [-0.4, -0.2) is 36.8 Å². The van der Waals surface area contributed by atoms with Crippen LogP contribution in [0.5, 0.6) is 0 Å². The van der Waals surface area contributed by atoms with Crippen molar-refractivity contribution in [3.63, 3.8) is 0 Å². The predicted molar refractivity (Wildman–Crippen MR) is 111 cm³/mol. The Bertz CT molecular complexity index is 315. The fraction of sp³-hybridized carbons (Fsp3) is 0.944. The van der Waals surface area contributed by atoms with E-state index in [4.69, 9.17) is 4.99 Å². The molecule has 0 saturated heterocycles. The molecule has 0 aromatic heterocycles. The molecule has 0 spiro atoms. The number of hydrogen-bond donors (Lipinski definition) is 3. The fourth-order valence-corrected chi connectivity index (χ4v) is 3.27. The zero-order valence-electron chi connectivity index (χ0n) is 15.5. The van der Waals surface area contributed by atoms with E-state index in [9.17, 15) is 5.11 Å². The van der Waals surface area contributed by atoms with Gasteiger partial charge >= 0.3 is 0 Å². The summed E-state index contributed by atoms with van der Waals surface area (Å²) in [6.07, 6.45) is 7.11. The normalized spacial score (nSPS) is 23.3. The quantitative estimate of drug-likeness (QED) is 0.307. The van der Waals surface area contributed by atoms with Gasteiger partial charge in [0.2, 0.25) is 0 Å². The van der Waals surface area contributed by atoms with Gasteiger partial charge in [-0.25, -0.2) is 0 Å². The number of aliphatic imine (C=N–C) groups is 1. The minimum absolute atomic E-state index is 0. The van der Waals surface area contributed by atoms with E-state index in [1.54, 1.807) is 0 Å². The standard InChI is InChI=1S/C18H37N3O.HI/c1-5-19-18(21-17-8-6-15(4)7-9-17)20-13-16(10-11-22)12-14(2)3;/h14-17,22H,5-13H2,1-4H3,(H2,19,20,21);1H. The highest BCUT2D eigenvalue weighted by molar-refractivity contribution is 14.0. The second-order valence-corrected chi connectivity index (χ2v) is 7.33. The molecule has 1 atom stereocenters. The molecular weight excluding hydrogens is 401 g/mol. The molecule has 0 aromatic rings. The molecule has 0 amide bonds. The first-order valence-corrected chi connectivity index (χ1v) is 9.20. The Kier molecular flexibility index (Phi) is 13.3. The third-order valence-corrected chi connectivity index (χ3v) is 4.55. The molecule has 0 bridgehead atoms. The van der Waals surface area contributed by atoms with Gasteiger partial charge in [-0.2, -0.15) is 0 Å². The first kappa shape index (κ1) is 23.0. The van der Waals surface area contributed by atoms with E-state index in [1.165, 1.54) is 25.7 Å². The van der Waals surface area contributed by atoms with E-state index in [0.717, 1.165) is 37.8 Å². The Morgan fingerprint density at radius 1 is 1.22 bits per heavy atom. The van der Waals surface area contributed by atoms with Crippen molar-refractivity contribution >= 4 is 29.9 Å². The highest BCUT2D eigenvalue weighted by Gasteiger charge is 2.19. The summed E-state index contributed by atoms with van der Waals surface area (Å²) in [6.45, 7) is 10.9. The van der Waals surface area contributed by atoms with Crippen molar-refractivity contribution in [3.05, 3.63) is 0 Å². The SMILES string of the molecule is CCNC(=NCC(CCO)CC(C)C)NC1CCC(C)CC1.I. The molecule has 0 radical (unpaired) electrons. The molecular formula is C18H38IN3O. The van der Waals surface area contributed by atoms with Gasteiger partial charge in [0, 0.05) is 25.7 Å². The van der Waals surface area contributed by atoms with Crippen LogP contribution < -0.4 is 10.6 Å². The Hall–Kier alpha value is -0.0400. The molecule has 138 valence electrons. The first-order valence-electron chi connectivity index (χ1n) is 9.20. The number of guanidine groups is 1. The molecule has 0 aromatic carbocycles. The van der Waals surface area contributed by atoms with E-state index >= 15 is 0 Å². The van der Waals surface area contributed by atoms with Gasteiger partial charge in [0.15, 0.2) is 5.96 Å². The maximum Gasteiger partial charge on any atom is 0.191 e. The van der Waals surface area contributed by atoms with Crippen molar-refractivity contribution in [1.29, 1.82) is 0 Å². The molecule has 1 saturated carbocycles. The summed E-state index contributed by atoms with van der Waals surface area (Å²) in [7, 11) is 0. The smallest absolute Gasteiger partial charge is 0.191 e. The number of halogens is 1. The van der Waals surface area contributed by atoms with Crippen LogP contribution in [0.4, 0.5) is 0 Å². The largest absolute Gasteiger partial charge is 0.396 e. The number of rotatable bonds is 8. The first-order chi connectivity index (χ1) is 10.5. The average Bonchev–Trinajstić information content (AvgIpc) is 2.47. The van der Waals surface area contributed by atoms with Crippen LogP contribution in [0.15, 0.2) is 4.99 Å². The van der Waals surface area contributed by atoms with Crippen molar-refractivity contribution in [1.82, 2.24) is 10.6 Å². The lowest BCUT2D eigenvalue weighted by molar-refractivity contribution is 0.245. The van der Waals surface area contributed by atoms with Crippen LogP contribution in [0.1, 0.15) is 66.2 Å². The number of nitrogens with zero attached hydrogens (tertiary/aromatic N) is 1. The third kappa shape index (κ3) is 10.4. The Morgan fingerprint density at radius 2 is 1.87 bits per heavy atom. The molecule has 4 nitrogen and oxygen atoms in total. The number of hydrogen-bond acceptors (Lipinski definition) is 2. The van der Waals surface area contributed by atoms with Crippen molar-refractivity contribution in [3.8, 4) is 0 Å². The summed E-state index contributed by atoms with van der Waals surface area (Å²) in [5.74, 6) is 2.96. The second kappa shape index (κ2) is 13.3. The average molecular weight is 439 g/mol. The lowest BCUT2D eigenvalue weighted by Crippen LogP contribution is -2.45. The maximum atomic E-state index is 9.22. The van der Waals surface area contributed by atoms with Crippen molar-refractivity contribution in [2.24, 2.45) is 22.7 Å². The van der Waals surface area contributed by atoms with E-state index in [1.807, 2.05) is 0 Å². The molecule has 23 heavy (non-hydrogen) atoms.